The van der Waals surface area contributed by atoms with Crippen LogP contribution in [0.15, 0.2) is 4.99 Å². The van der Waals surface area contributed by atoms with Gasteiger partial charge in [-0.3, -0.25) is 4.99 Å². The second-order valence-electron chi connectivity index (χ2n) is 7.31. The van der Waals surface area contributed by atoms with Crippen LogP contribution >= 0.6 is 0 Å². The van der Waals surface area contributed by atoms with Crippen LogP contribution in [0, 0.1) is 18.3 Å². The summed E-state index contributed by atoms with van der Waals surface area (Å²) in [5.41, 5.74) is 0.438. The standard InChI is InChI=1S/C17H32N6/c1-13(2)10-17(8-6-7-9-17)12-20-16(18-4)19-11-15-22-21-14(3)23(15)5/h13H,6-12H2,1-5H3,(H2,18,19,20). The Bertz CT molecular complexity index is 525. The molecule has 0 radical (unpaired) electrons. The van der Waals surface area contributed by atoms with Crippen LogP contribution in [-0.4, -0.2) is 34.3 Å². The van der Waals surface area contributed by atoms with Crippen LogP contribution in [0.2, 0.25) is 0 Å². The lowest BCUT2D eigenvalue weighted by atomic mass is 9.78. The van der Waals surface area contributed by atoms with Gasteiger partial charge < -0.3 is 15.2 Å². The molecule has 2 rings (SSSR count). The SMILES string of the molecule is CN=C(NCc1nnc(C)n1C)NCC1(CC(C)C)CCCC1. The molecule has 23 heavy (non-hydrogen) atoms. The minimum atomic E-state index is 0.438. The Kier molecular flexibility index (Phi) is 6.02. The molecule has 0 amide bonds. The average molecular weight is 320 g/mol. The van der Waals surface area contributed by atoms with E-state index in [9.17, 15) is 0 Å². The molecule has 0 atom stereocenters. The van der Waals surface area contributed by atoms with Crippen molar-refractivity contribution < 1.29 is 0 Å². The van der Waals surface area contributed by atoms with Gasteiger partial charge in [0, 0.05) is 20.6 Å². The van der Waals surface area contributed by atoms with Crippen LogP contribution < -0.4 is 10.6 Å². The van der Waals surface area contributed by atoms with Crippen molar-refractivity contribution in [1.29, 1.82) is 0 Å². The van der Waals surface area contributed by atoms with E-state index in [2.05, 4.69) is 39.7 Å². The maximum absolute atomic E-state index is 4.35. The van der Waals surface area contributed by atoms with E-state index in [1.165, 1.54) is 32.1 Å². The summed E-state index contributed by atoms with van der Waals surface area (Å²) in [6, 6.07) is 0. The minimum absolute atomic E-state index is 0.438. The number of hydrogen-bond acceptors (Lipinski definition) is 3. The van der Waals surface area contributed by atoms with Gasteiger partial charge in [-0.2, -0.15) is 0 Å². The van der Waals surface area contributed by atoms with Gasteiger partial charge in [0.25, 0.3) is 0 Å². The van der Waals surface area contributed by atoms with Gasteiger partial charge in [-0.15, -0.1) is 10.2 Å². The normalized spacial score (nSPS) is 17.7. The molecule has 2 N–H and O–H groups in total. The highest BCUT2D eigenvalue weighted by atomic mass is 15.3. The molecule has 0 spiro atoms. The van der Waals surface area contributed by atoms with E-state index in [1.807, 2.05) is 25.6 Å². The fourth-order valence-electron chi connectivity index (χ4n) is 3.70. The molecule has 1 aromatic rings. The number of rotatable bonds is 6. The molecule has 130 valence electrons. The van der Waals surface area contributed by atoms with Gasteiger partial charge in [0.2, 0.25) is 0 Å². The highest BCUT2D eigenvalue weighted by Crippen LogP contribution is 2.42. The summed E-state index contributed by atoms with van der Waals surface area (Å²) < 4.78 is 2.00. The Hall–Kier alpha value is -1.59. The van der Waals surface area contributed by atoms with Gasteiger partial charge >= 0.3 is 0 Å². The lowest BCUT2D eigenvalue weighted by molar-refractivity contribution is 0.234. The van der Waals surface area contributed by atoms with Crippen LogP contribution in [0.25, 0.3) is 0 Å². The molecule has 1 aliphatic carbocycles. The van der Waals surface area contributed by atoms with E-state index in [1.54, 1.807) is 0 Å². The zero-order valence-electron chi connectivity index (χ0n) is 15.3. The Labute approximate surface area is 140 Å². The van der Waals surface area contributed by atoms with Crippen molar-refractivity contribution in [2.45, 2.75) is 59.4 Å². The Morgan fingerprint density at radius 1 is 1.26 bits per heavy atom. The van der Waals surface area contributed by atoms with Crippen LogP contribution in [0.1, 0.15) is 57.6 Å². The highest BCUT2D eigenvalue weighted by Gasteiger charge is 2.34. The van der Waals surface area contributed by atoms with Gasteiger partial charge in [0.15, 0.2) is 11.8 Å². The molecule has 1 heterocycles. The van der Waals surface area contributed by atoms with Crippen molar-refractivity contribution in [2.24, 2.45) is 23.4 Å². The van der Waals surface area contributed by atoms with Crippen LogP contribution in [0.4, 0.5) is 0 Å². The minimum Gasteiger partial charge on any atom is -0.356 e. The zero-order chi connectivity index (χ0) is 16.9. The summed E-state index contributed by atoms with van der Waals surface area (Å²) in [6.45, 7) is 8.24. The van der Waals surface area contributed by atoms with Crippen LogP contribution in [-0.2, 0) is 13.6 Å². The Morgan fingerprint density at radius 3 is 2.48 bits per heavy atom. The zero-order valence-corrected chi connectivity index (χ0v) is 15.3. The molecular formula is C17H32N6. The molecule has 0 aliphatic heterocycles. The smallest absolute Gasteiger partial charge is 0.191 e. The van der Waals surface area contributed by atoms with Gasteiger partial charge in [-0.05, 0) is 37.5 Å². The van der Waals surface area contributed by atoms with Crippen molar-refractivity contribution in [3.05, 3.63) is 11.6 Å². The van der Waals surface area contributed by atoms with E-state index < -0.39 is 0 Å². The number of nitrogens with one attached hydrogen (secondary N) is 2. The average Bonchev–Trinajstić information content (AvgIpc) is 3.08. The molecule has 1 saturated carbocycles. The summed E-state index contributed by atoms with van der Waals surface area (Å²) in [6.07, 6.45) is 6.67. The predicted molar refractivity (Wildman–Crippen MR) is 94.3 cm³/mol. The topological polar surface area (TPSA) is 67.1 Å². The van der Waals surface area contributed by atoms with Crippen molar-refractivity contribution in [1.82, 2.24) is 25.4 Å². The number of aliphatic imine (C=N–C) groups is 1. The fraction of sp³-hybridized carbons (Fsp3) is 0.824. The second-order valence-corrected chi connectivity index (χ2v) is 7.31. The molecule has 0 saturated heterocycles. The number of aryl methyl sites for hydroxylation is 1. The lowest BCUT2D eigenvalue weighted by Crippen LogP contribution is -2.43. The maximum Gasteiger partial charge on any atom is 0.191 e. The van der Waals surface area contributed by atoms with E-state index in [-0.39, 0.29) is 0 Å². The third-order valence-electron chi connectivity index (χ3n) is 4.96. The molecule has 0 bridgehead atoms. The van der Waals surface area contributed by atoms with Gasteiger partial charge in [0.05, 0.1) is 6.54 Å². The maximum atomic E-state index is 4.35. The molecular weight excluding hydrogens is 288 g/mol. The first-order valence-corrected chi connectivity index (χ1v) is 8.75. The fourth-order valence-corrected chi connectivity index (χ4v) is 3.70. The third kappa shape index (κ3) is 4.69. The Balaban J connectivity index is 1.88. The number of aromatic nitrogens is 3. The molecule has 6 heteroatoms. The monoisotopic (exact) mass is 320 g/mol. The second kappa shape index (κ2) is 7.79. The van der Waals surface area contributed by atoms with Crippen molar-refractivity contribution in [3.63, 3.8) is 0 Å². The molecule has 1 fully saturated rings. The first-order chi connectivity index (χ1) is 11.0. The van der Waals surface area contributed by atoms with E-state index >= 15 is 0 Å². The Morgan fingerprint density at radius 2 is 1.96 bits per heavy atom. The van der Waals surface area contributed by atoms with Crippen molar-refractivity contribution in [3.8, 4) is 0 Å². The predicted octanol–water partition coefficient (Wildman–Crippen LogP) is 2.40. The van der Waals surface area contributed by atoms with E-state index in [4.69, 9.17) is 0 Å². The summed E-state index contributed by atoms with van der Waals surface area (Å²) in [5, 5.41) is 15.2. The van der Waals surface area contributed by atoms with Gasteiger partial charge in [-0.1, -0.05) is 26.7 Å². The summed E-state index contributed by atoms with van der Waals surface area (Å²) >= 11 is 0. The van der Waals surface area contributed by atoms with Crippen LogP contribution in [0.3, 0.4) is 0 Å². The molecule has 1 aliphatic rings. The highest BCUT2D eigenvalue weighted by molar-refractivity contribution is 5.79. The molecule has 6 nitrogen and oxygen atoms in total. The summed E-state index contributed by atoms with van der Waals surface area (Å²) in [5.74, 6) is 3.43. The molecule has 0 aromatic carbocycles. The van der Waals surface area contributed by atoms with E-state index in [0.717, 1.165) is 30.1 Å². The third-order valence-corrected chi connectivity index (χ3v) is 4.96. The van der Waals surface area contributed by atoms with E-state index in [0.29, 0.717) is 12.0 Å². The van der Waals surface area contributed by atoms with Crippen molar-refractivity contribution in [2.75, 3.05) is 13.6 Å². The van der Waals surface area contributed by atoms with Gasteiger partial charge in [0.1, 0.15) is 5.82 Å². The number of guanidine groups is 1. The van der Waals surface area contributed by atoms with Gasteiger partial charge in [-0.25, -0.2) is 0 Å². The van der Waals surface area contributed by atoms with Crippen LogP contribution in [0.5, 0.6) is 0 Å². The molecule has 1 aromatic heterocycles. The number of hydrogen-bond donors (Lipinski definition) is 2. The van der Waals surface area contributed by atoms with Crippen molar-refractivity contribution >= 4 is 5.96 Å². The summed E-state index contributed by atoms with van der Waals surface area (Å²) in [7, 11) is 3.81. The first-order valence-electron chi connectivity index (χ1n) is 8.75. The first kappa shape index (κ1) is 17.8. The molecule has 0 unspecified atom stereocenters. The summed E-state index contributed by atoms with van der Waals surface area (Å²) in [4.78, 5) is 4.35. The quantitative estimate of drug-likeness (QED) is 0.624. The lowest BCUT2D eigenvalue weighted by Gasteiger charge is -2.31. The largest absolute Gasteiger partial charge is 0.356 e. The number of nitrogens with zero attached hydrogens (tertiary/aromatic N) is 4.